The molecule has 0 radical (unpaired) electrons. The van der Waals surface area contributed by atoms with Gasteiger partial charge in [-0.2, -0.15) is 0 Å². The lowest BCUT2D eigenvalue weighted by Gasteiger charge is -2.42. The molecule has 0 spiro atoms. The Morgan fingerprint density at radius 3 is 2.68 bits per heavy atom. The van der Waals surface area contributed by atoms with Gasteiger partial charge in [-0.25, -0.2) is 4.98 Å². The van der Waals surface area contributed by atoms with Gasteiger partial charge in [0.15, 0.2) is 0 Å². The number of methoxy groups -OCH3 is 1. The third kappa shape index (κ3) is 6.44. The van der Waals surface area contributed by atoms with Gasteiger partial charge in [0.1, 0.15) is 17.9 Å². The third-order valence-electron chi connectivity index (χ3n) is 6.22. The molecule has 2 fully saturated rings. The van der Waals surface area contributed by atoms with Gasteiger partial charge in [0, 0.05) is 51.9 Å². The standard InChI is InChI=1S/C25H35N5O4/c1-17-15-27-22(28-25(33)19-5-6-19)14-21(17)20(7-11-31)13-23(26-3)30-10-9-29(16-18(30)2)24(32)8-12-34-4/h7,11,13-15,18-19,26H,5-6,8-10,12,16H2,1-4H3,(H,27,28,33)/b20-7+,23-13+. The SMILES string of the molecule is CN/C(=C\C(=C/C=O)c1cc(NC(=O)C2CC2)ncc1C)N1CCN(C(=O)CCOC)CC1C. The number of carbonyl (C=O) groups is 3. The van der Waals surface area contributed by atoms with Gasteiger partial charge >= 0.3 is 0 Å². The maximum absolute atomic E-state index is 12.4. The number of hydrogen-bond acceptors (Lipinski definition) is 7. The molecule has 0 bridgehead atoms. The first kappa shape index (κ1) is 25.4. The van der Waals surface area contributed by atoms with Gasteiger partial charge < -0.3 is 25.2 Å². The molecule has 1 unspecified atom stereocenters. The number of piperazine rings is 1. The predicted octanol–water partition coefficient (Wildman–Crippen LogP) is 1.95. The van der Waals surface area contributed by atoms with Crippen LogP contribution in [0.5, 0.6) is 0 Å². The smallest absolute Gasteiger partial charge is 0.228 e. The molecule has 9 nitrogen and oxygen atoms in total. The first-order valence-corrected chi connectivity index (χ1v) is 11.7. The first-order valence-electron chi connectivity index (χ1n) is 11.7. The highest BCUT2D eigenvalue weighted by molar-refractivity contribution is 5.94. The lowest BCUT2D eigenvalue weighted by Crippen LogP contribution is -2.54. The number of carbonyl (C=O) groups excluding carboxylic acids is 3. The molecule has 0 aromatic carbocycles. The van der Waals surface area contributed by atoms with Gasteiger partial charge in [0.25, 0.3) is 0 Å². The molecule has 1 aromatic heterocycles. The summed E-state index contributed by atoms with van der Waals surface area (Å²) in [6.45, 7) is 6.31. The quantitative estimate of drug-likeness (QED) is 0.307. The summed E-state index contributed by atoms with van der Waals surface area (Å²) in [5.74, 6) is 1.49. The largest absolute Gasteiger partial charge is 0.384 e. The molecule has 2 N–H and O–H groups in total. The average molecular weight is 470 g/mol. The van der Waals surface area contributed by atoms with Gasteiger partial charge in [-0.1, -0.05) is 0 Å². The zero-order chi connectivity index (χ0) is 24.7. The summed E-state index contributed by atoms with van der Waals surface area (Å²) >= 11 is 0. The highest BCUT2D eigenvalue weighted by Gasteiger charge is 2.30. The molecule has 1 aromatic rings. The van der Waals surface area contributed by atoms with E-state index in [0.717, 1.165) is 36.1 Å². The number of nitrogens with zero attached hydrogens (tertiary/aromatic N) is 3. The minimum atomic E-state index is -0.0126. The van der Waals surface area contributed by atoms with Crippen LogP contribution in [0.2, 0.25) is 0 Å². The third-order valence-corrected chi connectivity index (χ3v) is 6.22. The molecular weight excluding hydrogens is 434 g/mol. The van der Waals surface area contributed by atoms with E-state index in [9.17, 15) is 14.4 Å². The number of pyridine rings is 1. The van der Waals surface area contributed by atoms with Crippen LogP contribution in [0.25, 0.3) is 5.57 Å². The van der Waals surface area contributed by atoms with Crippen LogP contribution < -0.4 is 10.6 Å². The van der Waals surface area contributed by atoms with Crippen molar-refractivity contribution < 1.29 is 19.1 Å². The Labute approximate surface area is 201 Å². The van der Waals surface area contributed by atoms with Crippen molar-refractivity contribution in [3.8, 4) is 0 Å². The Morgan fingerprint density at radius 2 is 2.06 bits per heavy atom. The summed E-state index contributed by atoms with van der Waals surface area (Å²) in [6.07, 6.45) is 8.12. The number of hydrogen-bond donors (Lipinski definition) is 2. The fraction of sp³-hybridized carbons (Fsp3) is 0.520. The van der Waals surface area contributed by atoms with Crippen LogP contribution in [0.3, 0.4) is 0 Å². The van der Waals surface area contributed by atoms with Gasteiger partial charge in [0.2, 0.25) is 11.8 Å². The van der Waals surface area contributed by atoms with Crippen molar-refractivity contribution in [3.63, 3.8) is 0 Å². The number of rotatable bonds is 10. The van der Waals surface area contributed by atoms with Crippen molar-refractivity contribution in [2.24, 2.45) is 5.92 Å². The highest BCUT2D eigenvalue weighted by Crippen LogP contribution is 2.31. The molecule has 2 amide bonds. The molecule has 2 heterocycles. The Balaban J connectivity index is 1.80. The molecule has 1 aliphatic carbocycles. The fourth-order valence-corrected chi connectivity index (χ4v) is 4.10. The van der Waals surface area contributed by atoms with Crippen LogP contribution in [0.1, 0.15) is 37.3 Å². The highest BCUT2D eigenvalue weighted by atomic mass is 16.5. The van der Waals surface area contributed by atoms with Crippen molar-refractivity contribution in [1.82, 2.24) is 20.1 Å². The van der Waals surface area contributed by atoms with E-state index in [1.807, 2.05) is 31.0 Å². The number of anilines is 1. The zero-order valence-electron chi connectivity index (χ0n) is 20.5. The molecule has 1 saturated carbocycles. The van der Waals surface area contributed by atoms with Crippen LogP contribution in [0.4, 0.5) is 5.82 Å². The molecular formula is C25H35N5O4. The maximum atomic E-state index is 12.4. The van der Waals surface area contributed by atoms with E-state index in [1.54, 1.807) is 13.3 Å². The molecule has 2 aliphatic rings. The van der Waals surface area contributed by atoms with E-state index < -0.39 is 0 Å². The van der Waals surface area contributed by atoms with Crippen molar-refractivity contribution in [3.05, 3.63) is 41.4 Å². The van der Waals surface area contributed by atoms with Crippen LogP contribution in [0, 0.1) is 12.8 Å². The second-order valence-corrected chi connectivity index (χ2v) is 8.81. The molecule has 1 atom stereocenters. The van der Waals surface area contributed by atoms with E-state index in [1.165, 1.54) is 6.08 Å². The van der Waals surface area contributed by atoms with E-state index in [-0.39, 0.29) is 23.8 Å². The van der Waals surface area contributed by atoms with Crippen LogP contribution in [-0.4, -0.2) is 79.3 Å². The maximum Gasteiger partial charge on any atom is 0.228 e. The minimum absolute atomic E-state index is 0.0126. The van der Waals surface area contributed by atoms with E-state index in [4.69, 9.17) is 4.74 Å². The topological polar surface area (TPSA) is 104 Å². The molecule has 1 aliphatic heterocycles. The summed E-state index contributed by atoms with van der Waals surface area (Å²) in [4.78, 5) is 44.5. The molecule has 9 heteroatoms. The van der Waals surface area contributed by atoms with Crippen molar-refractivity contribution >= 4 is 29.5 Å². The number of aromatic nitrogens is 1. The predicted molar refractivity (Wildman–Crippen MR) is 131 cm³/mol. The van der Waals surface area contributed by atoms with Crippen LogP contribution in [0.15, 0.2) is 30.2 Å². The van der Waals surface area contributed by atoms with Crippen molar-refractivity contribution in [2.75, 3.05) is 45.7 Å². The van der Waals surface area contributed by atoms with E-state index in [0.29, 0.717) is 44.1 Å². The minimum Gasteiger partial charge on any atom is -0.384 e. The molecule has 34 heavy (non-hydrogen) atoms. The molecule has 184 valence electrons. The summed E-state index contributed by atoms with van der Waals surface area (Å²) in [5.41, 5.74) is 2.43. The lowest BCUT2D eigenvalue weighted by atomic mass is 10.0. The molecule has 1 saturated heterocycles. The normalized spacial score (nSPS) is 19.1. The van der Waals surface area contributed by atoms with Crippen molar-refractivity contribution in [2.45, 2.75) is 39.2 Å². The number of aryl methyl sites for hydroxylation is 1. The number of nitrogens with one attached hydrogen (secondary N) is 2. The average Bonchev–Trinajstić information content (AvgIpc) is 3.67. The summed E-state index contributed by atoms with van der Waals surface area (Å²) in [7, 11) is 3.44. The number of ether oxygens (including phenoxy) is 1. The van der Waals surface area contributed by atoms with Gasteiger partial charge in [-0.15, -0.1) is 0 Å². The van der Waals surface area contributed by atoms with Crippen molar-refractivity contribution in [1.29, 1.82) is 0 Å². The number of allylic oxidation sites excluding steroid dienone is 3. The number of amides is 2. The Kier molecular flexibility index (Phi) is 8.81. The summed E-state index contributed by atoms with van der Waals surface area (Å²) in [6, 6.07) is 1.90. The van der Waals surface area contributed by atoms with E-state index in [2.05, 4.69) is 27.4 Å². The molecule has 3 rings (SSSR count). The second kappa shape index (κ2) is 11.8. The number of aldehydes is 1. The Hall–Kier alpha value is -3.20. The van der Waals surface area contributed by atoms with Gasteiger partial charge in [0.05, 0.1) is 13.0 Å². The van der Waals surface area contributed by atoms with E-state index >= 15 is 0 Å². The van der Waals surface area contributed by atoms with Crippen LogP contribution >= 0.6 is 0 Å². The fourth-order valence-electron chi connectivity index (χ4n) is 4.10. The monoisotopic (exact) mass is 469 g/mol. The van der Waals surface area contributed by atoms with Gasteiger partial charge in [-0.3, -0.25) is 14.4 Å². The lowest BCUT2D eigenvalue weighted by molar-refractivity contribution is -0.134. The zero-order valence-corrected chi connectivity index (χ0v) is 20.5. The second-order valence-electron chi connectivity index (χ2n) is 8.81. The van der Waals surface area contributed by atoms with Crippen LogP contribution in [-0.2, 0) is 19.1 Å². The summed E-state index contributed by atoms with van der Waals surface area (Å²) in [5, 5.41) is 6.13. The Morgan fingerprint density at radius 1 is 1.29 bits per heavy atom. The van der Waals surface area contributed by atoms with Gasteiger partial charge in [-0.05, 0) is 61.6 Å². The summed E-state index contributed by atoms with van der Waals surface area (Å²) < 4.78 is 5.03. The Bertz CT molecular complexity index is 970. The first-order chi connectivity index (χ1) is 16.4.